The van der Waals surface area contributed by atoms with E-state index >= 15 is 0 Å². The largest absolute Gasteiger partial charge is 0.507 e. The Balaban J connectivity index is 1.55. The summed E-state index contributed by atoms with van der Waals surface area (Å²) in [5.41, 5.74) is 6.81. The van der Waals surface area contributed by atoms with Crippen LogP contribution in [0.2, 0.25) is 0 Å². The molecule has 4 rings (SSSR count). The molecule has 0 saturated carbocycles. The predicted molar refractivity (Wildman–Crippen MR) is 111 cm³/mol. The summed E-state index contributed by atoms with van der Waals surface area (Å²) in [6.07, 6.45) is 0.670. The van der Waals surface area contributed by atoms with Gasteiger partial charge in [0.2, 0.25) is 0 Å². The average molecular weight is 449 g/mol. The van der Waals surface area contributed by atoms with Crippen LogP contribution in [0.4, 0.5) is 14.5 Å². The van der Waals surface area contributed by atoms with E-state index in [-0.39, 0.29) is 28.6 Å². The van der Waals surface area contributed by atoms with Gasteiger partial charge < -0.3 is 20.9 Å². The van der Waals surface area contributed by atoms with Crippen molar-refractivity contribution in [1.29, 1.82) is 0 Å². The molecule has 3 atom stereocenters. The number of hydrogen-bond acceptors (Lipinski definition) is 7. The smallest absolute Gasteiger partial charge is 0.275 e. The van der Waals surface area contributed by atoms with Crippen LogP contribution in [0.5, 0.6) is 5.75 Å². The highest BCUT2D eigenvalue weighted by Crippen LogP contribution is 2.35. The Kier molecular flexibility index (Phi) is 5.99. The molecular formula is C20H21F2N5O3S. The summed E-state index contributed by atoms with van der Waals surface area (Å²) in [5, 5.41) is 18.5. The van der Waals surface area contributed by atoms with Gasteiger partial charge in [0.1, 0.15) is 34.5 Å². The molecule has 3 heterocycles. The monoisotopic (exact) mass is 449 g/mol. The van der Waals surface area contributed by atoms with Gasteiger partial charge in [-0.1, -0.05) is 6.07 Å². The minimum Gasteiger partial charge on any atom is -0.507 e. The number of rotatable bonds is 4. The van der Waals surface area contributed by atoms with Crippen LogP contribution in [0.3, 0.4) is 0 Å². The van der Waals surface area contributed by atoms with E-state index in [1.165, 1.54) is 29.8 Å². The highest BCUT2D eigenvalue weighted by Gasteiger charge is 2.30. The van der Waals surface area contributed by atoms with Crippen LogP contribution in [-0.2, 0) is 11.8 Å². The average Bonchev–Trinajstić information content (AvgIpc) is 3.31. The Morgan fingerprint density at radius 1 is 1.42 bits per heavy atom. The maximum absolute atomic E-state index is 14.1. The number of alkyl halides is 1. The maximum atomic E-state index is 14.1. The van der Waals surface area contributed by atoms with Crippen LogP contribution in [0, 0.1) is 5.82 Å². The zero-order valence-electron chi connectivity index (χ0n) is 16.6. The molecule has 0 bridgehead atoms. The molecule has 11 heteroatoms. The molecule has 164 valence electrons. The van der Waals surface area contributed by atoms with E-state index < -0.39 is 30.0 Å². The Hall–Kier alpha value is -2.89. The molecule has 1 amide bonds. The highest BCUT2D eigenvalue weighted by atomic mass is 32.1. The van der Waals surface area contributed by atoms with Crippen LogP contribution in [0.15, 0.2) is 29.8 Å². The first-order valence-corrected chi connectivity index (χ1v) is 10.5. The van der Waals surface area contributed by atoms with Crippen molar-refractivity contribution >= 4 is 22.9 Å². The number of thiazole rings is 1. The van der Waals surface area contributed by atoms with Crippen LogP contribution in [-0.4, -0.2) is 44.6 Å². The van der Waals surface area contributed by atoms with Gasteiger partial charge >= 0.3 is 0 Å². The number of phenolic OH excluding ortho intramolecular Hbond substituents is 1. The molecule has 1 aromatic carbocycles. The number of hydrogen-bond donors (Lipinski definition) is 3. The summed E-state index contributed by atoms with van der Waals surface area (Å²) in [6.45, 7) is -0.133. The summed E-state index contributed by atoms with van der Waals surface area (Å²) < 4.78 is 35.2. The number of ether oxygens (including phenoxy) is 1. The van der Waals surface area contributed by atoms with Crippen molar-refractivity contribution in [3.63, 3.8) is 0 Å². The van der Waals surface area contributed by atoms with E-state index in [9.17, 15) is 18.7 Å². The van der Waals surface area contributed by atoms with Crippen LogP contribution < -0.4 is 11.1 Å². The molecule has 1 aliphatic heterocycles. The van der Waals surface area contributed by atoms with Gasteiger partial charge in [0.15, 0.2) is 0 Å². The lowest BCUT2D eigenvalue weighted by atomic mass is 10.0. The lowest BCUT2D eigenvalue weighted by Crippen LogP contribution is -2.32. The molecule has 1 fully saturated rings. The van der Waals surface area contributed by atoms with Gasteiger partial charge in [-0.25, -0.2) is 13.8 Å². The molecule has 3 aromatic rings. The summed E-state index contributed by atoms with van der Waals surface area (Å²) >= 11 is 1.04. The quantitative estimate of drug-likeness (QED) is 0.564. The van der Waals surface area contributed by atoms with Gasteiger partial charge in [0.05, 0.1) is 29.7 Å². The van der Waals surface area contributed by atoms with Gasteiger partial charge in [-0.05, 0) is 25.0 Å². The van der Waals surface area contributed by atoms with Gasteiger partial charge in [0, 0.05) is 18.5 Å². The zero-order chi connectivity index (χ0) is 22.1. The molecule has 1 aliphatic rings. The summed E-state index contributed by atoms with van der Waals surface area (Å²) in [6, 6.07) is 3.34. The van der Waals surface area contributed by atoms with E-state index in [0.717, 1.165) is 11.3 Å². The normalized spacial score (nSPS) is 21.6. The third-order valence-corrected chi connectivity index (χ3v) is 6.02. The second-order valence-electron chi connectivity index (χ2n) is 7.27. The van der Waals surface area contributed by atoms with E-state index in [2.05, 4.69) is 15.4 Å². The lowest BCUT2D eigenvalue weighted by Gasteiger charge is -2.17. The standard InChI is InChI=1S/C20H21F2N5O3S/c1-27-18(16-6-5-12(23)11(22)8-30-16)13(7-24-27)25-19(29)14-9-31-20(26-14)17-10(21)3-2-4-15(17)28/h2-4,7,9,11-12,16,28H,5-6,8,23H2,1H3,(H,25,29)/t11-,12-,16+/m1/s1. The highest BCUT2D eigenvalue weighted by molar-refractivity contribution is 7.13. The first-order chi connectivity index (χ1) is 14.8. The minimum atomic E-state index is -1.25. The van der Waals surface area contributed by atoms with Crippen molar-refractivity contribution in [2.45, 2.75) is 31.2 Å². The van der Waals surface area contributed by atoms with Gasteiger partial charge in [-0.15, -0.1) is 11.3 Å². The van der Waals surface area contributed by atoms with Crippen molar-refractivity contribution in [3.8, 4) is 16.3 Å². The third kappa shape index (κ3) is 4.29. The molecule has 31 heavy (non-hydrogen) atoms. The van der Waals surface area contributed by atoms with Gasteiger partial charge in [-0.3, -0.25) is 9.48 Å². The number of aryl methyl sites for hydroxylation is 1. The van der Waals surface area contributed by atoms with E-state index in [0.29, 0.717) is 24.2 Å². The number of phenols is 1. The van der Waals surface area contributed by atoms with Crippen LogP contribution in [0.25, 0.3) is 10.6 Å². The van der Waals surface area contributed by atoms with Crippen LogP contribution in [0.1, 0.15) is 35.1 Å². The Morgan fingerprint density at radius 2 is 2.23 bits per heavy atom. The second-order valence-corrected chi connectivity index (χ2v) is 8.13. The fourth-order valence-electron chi connectivity index (χ4n) is 3.48. The number of halogens is 2. The van der Waals surface area contributed by atoms with Gasteiger partial charge in [-0.2, -0.15) is 5.10 Å². The first-order valence-electron chi connectivity index (χ1n) is 9.63. The molecule has 4 N–H and O–H groups in total. The van der Waals surface area contributed by atoms with Crippen molar-refractivity contribution < 1.29 is 23.4 Å². The fraction of sp³-hybridized carbons (Fsp3) is 0.350. The SMILES string of the molecule is Cn1ncc(NC(=O)c2csc(-c3c(O)cccc3F)n2)c1[C@@H]1CC[C@@H](N)[C@H](F)CO1. The minimum absolute atomic E-state index is 0.0578. The number of amides is 1. The van der Waals surface area contributed by atoms with E-state index in [1.807, 2.05) is 0 Å². The maximum Gasteiger partial charge on any atom is 0.275 e. The second kappa shape index (κ2) is 8.69. The van der Waals surface area contributed by atoms with Crippen molar-refractivity contribution in [1.82, 2.24) is 14.8 Å². The summed E-state index contributed by atoms with van der Waals surface area (Å²) in [7, 11) is 1.70. The number of carbonyl (C=O) groups is 1. The van der Waals surface area contributed by atoms with E-state index in [1.54, 1.807) is 11.7 Å². The number of anilines is 1. The molecular weight excluding hydrogens is 428 g/mol. The number of carbonyl (C=O) groups excluding carboxylic acids is 1. The molecule has 0 aliphatic carbocycles. The lowest BCUT2D eigenvalue weighted by molar-refractivity contribution is 0.0247. The van der Waals surface area contributed by atoms with E-state index in [4.69, 9.17) is 10.5 Å². The Labute approximate surface area is 180 Å². The molecule has 1 saturated heterocycles. The number of nitrogens with one attached hydrogen (secondary N) is 1. The molecule has 0 spiro atoms. The third-order valence-electron chi connectivity index (χ3n) is 5.16. The summed E-state index contributed by atoms with van der Waals surface area (Å²) in [5.74, 6) is -1.42. The number of nitrogens with two attached hydrogens (primary N) is 1. The molecule has 0 radical (unpaired) electrons. The Morgan fingerprint density at radius 3 is 3.00 bits per heavy atom. The zero-order valence-corrected chi connectivity index (χ0v) is 17.4. The topological polar surface area (TPSA) is 115 Å². The number of nitrogens with zero attached hydrogens (tertiary/aromatic N) is 3. The number of aromatic nitrogens is 3. The van der Waals surface area contributed by atoms with Crippen LogP contribution >= 0.6 is 11.3 Å². The van der Waals surface area contributed by atoms with Gasteiger partial charge in [0.25, 0.3) is 5.91 Å². The Bertz CT molecular complexity index is 1070. The van der Waals surface area contributed by atoms with Crippen molar-refractivity contribution in [2.75, 3.05) is 11.9 Å². The fourth-order valence-corrected chi connectivity index (χ4v) is 4.34. The predicted octanol–water partition coefficient (Wildman–Crippen LogP) is 3.16. The number of benzene rings is 1. The molecule has 2 aromatic heterocycles. The molecule has 8 nitrogen and oxygen atoms in total. The molecule has 0 unspecified atom stereocenters. The summed E-state index contributed by atoms with van der Waals surface area (Å²) in [4.78, 5) is 16.9. The van der Waals surface area contributed by atoms with Crippen molar-refractivity contribution in [2.24, 2.45) is 12.8 Å². The first kappa shape index (κ1) is 21.3. The number of aromatic hydroxyl groups is 1. The van der Waals surface area contributed by atoms with Crippen molar-refractivity contribution in [3.05, 3.63) is 47.0 Å².